The lowest BCUT2D eigenvalue weighted by Gasteiger charge is -2.49. The molecule has 0 aliphatic carbocycles. The summed E-state index contributed by atoms with van der Waals surface area (Å²) in [6.07, 6.45) is 8.97. The second-order valence-electron chi connectivity index (χ2n) is 17.0. The van der Waals surface area contributed by atoms with E-state index in [4.69, 9.17) is 4.98 Å². The number of hydrogen-bond acceptors (Lipinski definition) is 12. The van der Waals surface area contributed by atoms with E-state index in [-0.39, 0.29) is 24.0 Å². The summed E-state index contributed by atoms with van der Waals surface area (Å²) in [4.78, 5) is 51.5. The van der Waals surface area contributed by atoms with Crippen molar-refractivity contribution in [2.75, 3.05) is 92.7 Å². The molecule has 9 rings (SSSR count). The van der Waals surface area contributed by atoms with Crippen LogP contribution in [0, 0.1) is 17.6 Å². The fraction of sp³-hybridized carbons (Fsp3) is 0.422. The second kappa shape index (κ2) is 18.4. The number of carbonyl (C=O) groups is 2. The van der Waals surface area contributed by atoms with E-state index in [0.717, 1.165) is 106 Å². The number of piperidine rings is 2. The highest BCUT2D eigenvalue weighted by Gasteiger charge is 2.35. The molecule has 1 atom stereocenters. The molecule has 3 N–H and O–H groups in total. The van der Waals surface area contributed by atoms with E-state index in [9.17, 15) is 9.59 Å². The van der Waals surface area contributed by atoms with Gasteiger partial charge in [0.05, 0.1) is 27.1 Å². The molecule has 4 aliphatic rings. The van der Waals surface area contributed by atoms with Crippen LogP contribution in [0.5, 0.6) is 0 Å². The number of aromatic nitrogens is 4. The van der Waals surface area contributed by atoms with Crippen molar-refractivity contribution in [1.82, 2.24) is 35.1 Å². The van der Waals surface area contributed by atoms with Crippen molar-refractivity contribution in [3.63, 3.8) is 0 Å². The van der Waals surface area contributed by atoms with Gasteiger partial charge in [-0.1, -0.05) is 14.0 Å². The third-order valence-corrected chi connectivity index (χ3v) is 14.7. The zero-order valence-corrected chi connectivity index (χ0v) is 37.4. The monoisotopic (exact) mass is 925 g/mol. The molecular formula is C45H51BrF2N11O2P. The Hall–Kier alpha value is -4.89. The van der Waals surface area contributed by atoms with Gasteiger partial charge in [0.25, 0.3) is 0 Å². The summed E-state index contributed by atoms with van der Waals surface area (Å²) in [5.41, 5.74) is 5.02. The van der Waals surface area contributed by atoms with Crippen molar-refractivity contribution in [3.05, 3.63) is 88.8 Å². The average molecular weight is 927 g/mol. The highest BCUT2D eigenvalue weighted by molar-refractivity contribution is 9.10. The first kappa shape index (κ1) is 42.4. The number of nitrogens with zero attached hydrogens (tertiary/aromatic N) is 8. The Labute approximate surface area is 370 Å². The van der Waals surface area contributed by atoms with Crippen LogP contribution in [0.1, 0.15) is 43.6 Å². The number of imide groups is 1. The van der Waals surface area contributed by atoms with Crippen LogP contribution in [0.4, 0.5) is 43.3 Å². The van der Waals surface area contributed by atoms with Crippen molar-refractivity contribution in [1.29, 1.82) is 0 Å². The summed E-state index contributed by atoms with van der Waals surface area (Å²) in [5.74, 6) is -0.415. The molecule has 2 amide bonds. The Morgan fingerprint density at radius 1 is 0.855 bits per heavy atom. The summed E-state index contributed by atoms with van der Waals surface area (Å²) in [6, 6.07) is 14.9. The lowest BCUT2D eigenvalue weighted by Crippen LogP contribution is -2.63. The zero-order chi connectivity index (χ0) is 42.9. The van der Waals surface area contributed by atoms with E-state index in [1.807, 2.05) is 30.3 Å². The minimum absolute atomic E-state index is 0.233. The molecule has 5 aromatic rings. The van der Waals surface area contributed by atoms with Crippen LogP contribution in [0.15, 0.2) is 71.6 Å². The Kier molecular flexibility index (Phi) is 12.6. The third kappa shape index (κ3) is 9.25. The van der Waals surface area contributed by atoms with Crippen molar-refractivity contribution in [2.24, 2.45) is 5.92 Å². The van der Waals surface area contributed by atoms with Gasteiger partial charge < -0.3 is 25.3 Å². The smallest absolute Gasteiger partial charge is 0.234 e. The maximum Gasteiger partial charge on any atom is 0.234 e. The van der Waals surface area contributed by atoms with Gasteiger partial charge in [-0.3, -0.25) is 29.8 Å². The highest BCUT2D eigenvalue weighted by atomic mass is 79.9. The van der Waals surface area contributed by atoms with E-state index in [2.05, 4.69) is 79.8 Å². The number of fused-ring (bicyclic) bond motifs is 1. The number of likely N-dealkylation sites (tertiary alicyclic amines) is 1. The van der Waals surface area contributed by atoms with E-state index in [1.54, 1.807) is 30.7 Å². The molecule has 0 spiro atoms. The zero-order valence-electron chi connectivity index (χ0n) is 35.0. The normalized spacial score (nSPS) is 19.5. The van der Waals surface area contributed by atoms with Gasteiger partial charge in [0, 0.05) is 111 Å². The van der Waals surface area contributed by atoms with Crippen LogP contribution in [0.2, 0.25) is 0 Å². The van der Waals surface area contributed by atoms with Gasteiger partial charge in [-0.25, -0.2) is 13.8 Å². The quantitative estimate of drug-likeness (QED) is 0.0884. The number of piperazine rings is 1. The fourth-order valence-corrected chi connectivity index (χ4v) is 10.8. The molecule has 2 aromatic heterocycles. The molecule has 3 aromatic carbocycles. The largest absolute Gasteiger partial charge is 0.371 e. The average Bonchev–Trinajstić information content (AvgIpc) is 3.25. The number of benzene rings is 3. The van der Waals surface area contributed by atoms with Crippen LogP contribution in [-0.2, 0) is 9.59 Å². The molecule has 13 nitrogen and oxygen atoms in total. The van der Waals surface area contributed by atoms with Crippen molar-refractivity contribution in [3.8, 4) is 0 Å². The van der Waals surface area contributed by atoms with Gasteiger partial charge in [-0.15, -0.1) is 0 Å². The van der Waals surface area contributed by atoms with E-state index >= 15 is 8.78 Å². The maximum atomic E-state index is 15.7. The first-order chi connectivity index (χ1) is 30.1. The van der Waals surface area contributed by atoms with Gasteiger partial charge in [-0.2, -0.15) is 4.98 Å². The molecule has 0 saturated carbocycles. The Morgan fingerprint density at radius 3 is 2.39 bits per heavy atom. The van der Waals surface area contributed by atoms with Gasteiger partial charge in [0.1, 0.15) is 17.5 Å². The number of carbonyl (C=O) groups excluding carboxylic acids is 2. The van der Waals surface area contributed by atoms with Crippen molar-refractivity contribution in [2.45, 2.75) is 44.1 Å². The number of hydrogen-bond donors (Lipinski definition) is 3. The number of rotatable bonds is 12. The summed E-state index contributed by atoms with van der Waals surface area (Å²) in [6.45, 7) is 12.7. The van der Waals surface area contributed by atoms with Crippen LogP contribution >= 0.6 is 23.9 Å². The van der Waals surface area contributed by atoms with Gasteiger partial charge in [-0.05, 0) is 110 Å². The molecule has 0 radical (unpaired) electrons. The lowest BCUT2D eigenvalue weighted by atomic mass is 9.89. The lowest BCUT2D eigenvalue weighted by molar-refractivity contribution is -0.134. The summed E-state index contributed by atoms with van der Waals surface area (Å²) >= 11 is 3.59. The SMILES string of the molecule is CP(C)c1c(Nc2nc(Nc3ccc(N4CCN(C5CN(CCC6CCN(c7ccc(C8CCC(=O)NC8=O)c(F)c7)CC6)C5)CC4)c(F)c3)ncc2Br)ccc2nccnc12. The predicted molar refractivity (Wildman–Crippen MR) is 246 cm³/mol. The summed E-state index contributed by atoms with van der Waals surface area (Å²) in [7, 11) is -0.511. The molecule has 1 unspecified atom stereocenters. The fourth-order valence-electron chi connectivity index (χ4n) is 9.30. The minimum Gasteiger partial charge on any atom is -0.371 e. The molecule has 17 heteroatoms. The summed E-state index contributed by atoms with van der Waals surface area (Å²) in [5, 5.41) is 10.1. The van der Waals surface area contributed by atoms with Crippen molar-refractivity contribution < 1.29 is 18.4 Å². The topological polar surface area (TPSA) is 135 Å². The Balaban J connectivity index is 0.710. The number of nitrogens with one attached hydrogen (secondary N) is 3. The van der Waals surface area contributed by atoms with Gasteiger partial charge in [0.15, 0.2) is 0 Å². The van der Waals surface area contributed by atoms with Gasteiger partial charge in [0.2, 0.25) is 17.8 Å². The maximum absolute atomic E-state index is 15.7. The van der Waals surface area contributed by atoms with Crippen LogP contribution in [0.3, 0.4) is 0 Å². The van der Waals surface area contributed by atoms with Crippen LogP contribution in [0.25, 0.3) is 11.0 Å². The number of amides is 2. The Morgan fingerprint density at radius 2 is 1.65 bits per heavy atom. The van der Waals surface area contributed by atoms with Crippen molar-refractivity contribution >= 4 is 86.5 Å². The first-order valence-corrected chi connectivity index (χ1v) is 24.5. The Bertz CT molecular complexity index is 2460. The van der Waals surface area contributed by atoms with E-state index in [1.165, 1.54) is 6.07 Å². The number of halogens is 3. The molecule has 4 saturated heterocycles. The highest BCUT2D eigenvalue weighted by Crippen LogP contribution is 2.36. The molecular weight excluding hydrogens is 875 g/mol. The molecule has 62 heavy (non-hydrogen) atoms. The minimum atomic E-state index is -0.617. The molecule has 0 bridgehead atoms. The molecule has 324 valence electrons. The van der Waals surface area contributed by atoms with E-state index < -0.39 is 19.7 Å². The second-order valence-corrected chi connectivity index (χ2v) is 20.0. The molecule has 6 heterocycles. The van der Waals surface area contributed by atoms with E-state index in [0.29, 0.717) is 51.6 Å². The van der Waals surface area contributed by atoms with Gasteiger partial charge >= 0.3 is 0 Å². The predicted octanol–water partition coefficient (Wildman–Crippen LogP) is 6.95. The summed E-state index contributed by atoms with van der Waals surface area (Å²) < 4.78 is 31.5. The number of anilines is 6. The third-order valence-electron chi connectivity index (χ3n) is 12.8. The van der Waals surface area contributed by atoms with Crippen LogP contribution in [-0.4, -0.2) is 120 Å². The standard InChI is InChI=1S/C45H51BrF2N11O2P/c1-62(2)42-38(8-7-37-41(42)50-15-14-49-37)53-43-34(46)25-51-45(55-43)52-29-3-9-39(36(48)23-29)59-21-19-58(20-22-59)31-26-56(27-31)16-11-28-12-17-57(18-13-28)30-4-5-32(35(47)24-30)33-6-10-40(60)54-44(33)61/h3-5,7-9,14-15,23-25,28,31,33H,6,10-13,16-22,26-27H2,1-2H3,(H,54,60,61)(H2,51,52,53,55). The molecule has 4 fully saturated rings. The molecule has 4 aliphatic heterocycles. The van der Waals surface area contributed by atoms with Crippen LogP contribution < -0.4 is 31.1 Å². The first-order valence-electron chi connectivity index (χ1n) is 21.4.